The topological polar surface area (TPSA) is 51.1 Å². The van der Waals surface area contributed by atoms with Gasteiger partial charge in [0.05, 0.1) is 6.42 Å². The highest BCUT2D eigenvalue weighted by Gasteiger charge is 2.05. The number of aromatic nitrogens is 1. The third-order valence-electron chi connectivity index (χ3n) is 2.44. The second-order valence-electron chi connectivity index (χ2n) is 4.07. The van der Waals surface area contributed by atoms with Crippen LogP contribution in [0.3, 0.4) is 0 Å². The van der Waals surface area contributed by atoms with Crippen molar-refractivity contribution in [1.29, 1.82) is 0 Å². The number of hydrogen-bond donors (Lipinski definition) is 1. The largest absolute Gasteiger partial charge is 0.326 e. The molecule has 1 amide bonds. The number of rotatable bonds is 4. The summed E-state index contributed by atoms with van der Waals surface area (Å²) in [6, 6.07) is 11.3. The third kappa shape index (κ3) is 3.07. The molecule has 0 aliphatic rings. The Kier molecular flexibility index (Phi) is 3.57. The van der Waals surface area contributed by atoms with Gasteiger partial charge in [0.25, 0.3) is 0 Å². The molecule has 1 aromatic heterocycles. The molecule has 0 spiro atoms. The van der Waals surface area contributed by atoms with Crippen LogP contribution in [0, 0.1) is 0 Å². The smallest absolute Gasteiger partial charge is 0.231 e. The van der Waals surface area contributed by atoms with Crippen molar-refractivity contribution in [3.05, 3.63) is 48.8 Å². The summed E-state index contributed by atoms with van der Waals surface area (Å²) >= 11 is 0. The monoisotopic (exact) mass is 242 g/mol. The van der Waals surface area contributed by atoms with Crippen molar-refractivity contribution >= 4 is 17.4 Å². The lowest BCUT2D eigenvalue weighted by Gasteiger charge is -2.07. The molecule has 1 N–H and O–H groups in total. The average Bonchev–Trinajstić information content (AvgIpc) is 2.81. The number of amides is 1. The van der Waals surface area contributed by atoms with Crippen molar-refractivity contribution in [3.8, 4) is 5.69 Å². The molecular weight excluding hydrogens is 228 g/mol. The maximum absolute atomic E-state index is 11.5. The van der Waals surface area contributed by atoms with E-state index in [4.69, 9.17) is 0 Å². The number of hydrogen-bond acceptors (Lipinski definition) is 2. The number of nitrogens with zero attached hydrogens (tertiary/aromatic N) is 1. The van der Waals surface area contributed by atoms with Crippen LogP contribution in [0.2, 0.25) is 0 Å². The van der Waals surface area contributed by atoms with Gasteiger partial charge in [-0.2, -0.15) is 0 Å². The molecule has 1 heterocycles. The molecule has 2 rings (SSSR count). The van der Waals surface area contributed by atoms with Crippen LogP contribution in [0.4, 0.5) is 5.69 Å². The zero-order valence-electron chi connectivity index (χ0n) is 10.1. The molecule has 0 fully saturated rings. The van der Waals surface area contributed by atoms with E-state index < -0.39 is 0 Å². The van der Waals surface area contributed by atoms with Crippen LogP contribution in [0.5, 0.6) is 0 Å². The predicted octanol–water partition coefficient (Wildman–Crippen LogP) is 2.39. The van der Waals surface area contributed by atoms with Gasteiger partial charge in [-0.05, 0) is 37.3 Å². The molecule has 0 unspecified atom stereocenters. The van der Waals surface area contributed by atoms with Crippen LogP contribution in [-0.4, -0.2) is 16.3 Å². The first-order chi connectivity index (χ1) is 8.65. The number of anilines is 1. The molecule has 92 valence electrons. The second kappa shape index (κ2) is 5.31. The van der Waals surface area contributed by atoms with Crippen molar-refractivity contribution in [3.63, 3.8) is 0 Å². The van der Waals surface area contributed by atoms with E-state index in [1.807, 2.05) is 47.3 Å². The molecule has 0 radical (unpaired) electrons. The van der Waals surface area contributed by atoms with Crippen LogP contribution in [0.25, 0.3) is 5.69 Å². The summed E-state index contributed by atoms with van der Waals surface area (Å²) in [6.45, 7) is 1.40. The van der Waals surface area contributed by atoms with Gasteiger partial charge in [-0.25, -0.2) is 0 Å². The highest BCUT2D eigenvalue weighted by atomic mass is 16.2. The van der Waals surface area contributed by atoms with Gasteiger partial charge in [-0.3, -0.25) is 9.59 Å². The Morgan fingerprint density at radius 2 is 1.89 bits per heavy atom. The predicted molar refractivity (Wildman–Crippen MR) is 69.7 cm³/mol. The fourth-order valence-corrected chi connectivity index (χ4v) is 1.68. The average molecular weight is 242 g/mol. The molecule has 2 aromatic rings. The highest BCUT2D eigenvalue weighted by molar-refractivity contribution is 6.03. The fourth-order valence-electron chi connectivity index (χ4n) is 1.68. The van der Waals surface area contributed by atoms with Gasteiger partial charge < -0.3 is 9.88 Å². The molecule has 0 aliphatic heterocycles. The van der Waals surface area contributed by atoms with Crippen LogP contribution in [0.1, 0.15) is 13.3 Å². The Morgan fingerprint density at radius 3 is 2.56 bits per heavy atom. The summed E-state index contributed by atoms with van der Waals surface area (Å²) in [5.41, 5.74) is 1.65. The van der Waals surface area contributed by atoms with Crippen molar-refractivity contribution in [2.45, 2.75) is 13.3 Å². The van der Waals surface area contributed by atoms with E-state index in [1.54, 1.807) is 6.07 Å². The molecule has 18 heavy (non-hydrogen) atoms. The first-order valence-electron chi connectivity index (χ1n) is 5.68. The Hall–Kier alpha value is -2.36. The maximum Gasteiger partial charge on any atom is 0.231 e. The molecule has 0 atom stereocenters. The summed E-state index contributed by atoms with van der Waals surface area (Å²) in [7, 11) is 0. The first-order valence-corrected chi connectivity index (χ1v) is 5.68. The maximum atomic E-state index is 11.5. The molecule has 0 aliphatic carbocycles. The highest BCUT2D eigenvalue weighted by Crippen LogP contribution is 2.15. The molecule has 0 bridgehead atoms. The van der Waals surface area contributed by atoms with E-state index in [0.717, 1.165) is 5.69 Å². The standard InChI is InChI=1S/C14H14N2O2/c1-11(17)9-14(18)15-12-5-4-6-13(10-12)16-7-2-3-8-16/h2-8,10H,9H2,1H3,(H,15,18). The Labute approximate surface area is 105 Å². The quantitative estimate of drug-likeness (QED) is 0.837. The lowest BCUT2D eigenvalue weighted by Crippen LogP contribution is -2.14. The van der Waals surface area contributed by atoms with E-state index in [-0.39, 0.29) is 18.1 Å². The van der Waals surface area contributed by atoms with E-state index in [0.29, 0.717) is 5.69 Å². The summed E-state index contributed by atoms with van der Waals surface area (Å²) in [6.07, 6.45) is 3.76. The number of carbonyl (C=O) groups is 2. The third-order valence-corrected chi connectivity index (χ3v) is 2.44. The molecule has 4 nitrogen and oxygen atoms in total. The van der Waals surface area contributed by atoms with Crippen LogP contribution >= 0.6 is 0 Å². The molecule has 0 saturated carbocycles. The van der Waals surface area contributed by atoms with Gasteiger partial charge >= 0.3 is 0 Å². The van der Waals surface area contributed by atoms with Crippen LogP contribution < -0.4 is 5.32 Å². The summed E-state index contributed by atoms with van der Waals surface area (Å²) in [5, 5.41) is 2.70. The Bertz CT molecular complexity index is 559. The SMILES string of the molecule is CC(=O)CC(=O)Nc1cccc(-n2cccc2)c1. The second-order valence-corrected chi connectivity index (χ2v) is 4.07. The van der Waals surface area contributed by atoms with E-state index >= 15 is 0 Å². The zero-order chi connectivity index (χ0) is 13.0. The summed E-state index contributed by atoms with van der Waals surface area (Å²) < 4.78 is 1.95. The van der Waals surface area contributed by atoms with E-state index in [1.165, 1.54) is 6.92 Å². The summed E-state index contributed by atoms with van der Waals surface area (Å²) in [5.74, 6) is -0.429. The van der Waals surface area contributed by atoms with E-state index in [9.17, 15) is 9.59 Å². The van der Waals surface area contributed by atoms with Gasteiger partial charge in [-0.1, -0.05) is 6.07 Å². The van der Waals surface area contributed by atoms with Crippen molar-refractivity contribution < 1.29 is 9.59 Å². The minimum atomic E-state index is -0.285. The van der Waals surface area contributed by atoms with Gasteiger partial charge in [0.2, 0.25) is 5.91 Å². The normalized spacial score (nSPS) is 10.1. The minimum absolute atomic E-state index is 0.0895. The lowest BCUT2D eigenvalue weighted by atomic mass is 10.2. The van der Waals surface area contributed by atoms with E-state index in [2.05, 4.69) is 5.32 Å². The van der Waals surface area contributed by atoms with Gasteiger partial charge in [0.15, 0.2) is 0 Å². The van der Waals surface area contributed by atoms with Crippen LogP contribution in [0.15, 0.2) is 48.8 Å². The van der Waals surface area contributed by atoms with Crippen molar-refractivity contribution in [2.75, 3.05) is 5.32 Å². The number of benzene rings is 1. The van der Waals surface area contributed by atoms with Crippen LogP contribution in [-0.2, 0) is 9.59 Å². The number of carbonyl (C=O) groups excluding carboxylic acids is 2. The lowest BCUT2D eigenvalue weighted by molar-refractivity contribution is -0.124. The zero-order valence-corrected chi connectivity index (χ0v) is 10.1. The fraction of sp³-hybridized carbons (Fsp3) is 0.143. The Balaban J connectivity index is 2.13. The minimum Gasteiger partial charge on any atom is -0.326 e. The van der Waals surface area contributed by atoms with Gasteiger partial charge in [0, 0.05) is 23.8 Å². The van der Waals surface area contributed by atoms with Gasteiger partial charge in [-0.15, -0.1) is 0 Å². The van der Waals surface area contributed by atoms with Gasteiger partial charge in [0.1, 0.15) is 5.78 Å². The summed E-state index contributed by atoms with van der Waals surface area (Å²) in [4.78, 5) is 22.3. The molecule has 4 heteroatoms. The molecule has 0 saturated heterocycles. The molecule has 1 aromatic carbocycles. The number of ketones is 1. The first kappa shape index (κ1) is 12.1. The number of nitrogens with one attached hydrogen (secondary N) is 1. The molecular formula is C14H14N2O2. The van der Waals surface area contributed by atoms with Crippen molar-refractivity contribution in [1.82, 2.24) is 4.57 Å². The number of Topliss-reactive ketones (excluding diaryl/α,β-unsaturated/α-hetero) is 1. The Morgan fingerprint density at radius 1 is 1.17 bits per heavy atom. The van der Waals surface area contributed by atoms with Crippen molar-refractivity contribution in [2.24, 2.45) is 0 Å².